The van der Waals surface area contributed by atoms with E-state index in [-0.39, 0.29) is 11.3 Å². The highest BCUT2D eigenvalue weighted by molar-refractivity contribution is 6.46. The number of aromatic nitrogens is 3. The number of Topliss-reactive ketones (excluding diaryl/α,β-unsaturated/α-hetero) is 1. The molecule has 7 nitrogen and oxygen atoms in total. The van der Waals surface area contributed by atoms with Crippen molar-refractivity contribution in [2.24, 2.45) is 0 Å². The third kappa shape index (κ3) is 4.19. The molecule has 3 heterocycles. The summed E-state index contributed by atoms with van der Waals surface area (Å²) >= 11 is 12.3. The molecule has 1 aromatic carbocycles. The molecule has 4 rings (SSSR count). The highest BCUT2D eigenvalue weighted by atomic mass is 35.5. The molecular weight excluding hydrogens is 439 g/mol. The number of carbonyl (C=O) groups excluding carboxylic acids is 2. The van der Waals surface area contributed by atoms with Crippen LogP contribution in [0.1, 0.15) is 23.6 Å². The Morgan fingerprint density at radius 1 is 1.00 bits per heavy atom. The lowest BCUT2D eigenvalue weighted by atomic mass is 9.95. The van der Waals surface area contributed by atoms with E-state index in [4.69, 9.17) is 23.2 Å². The number of ketones is 1. The number of hydrogen-bond acceptors (Lipinski definition) is 5. The zero-order chi connectivity index (χ0) is 22.0. The van der Waals surface area contributed by atoms with Crippen LogP contribution in [-0.4, -0.2) is 42.8 Å². The van der Waals surface area contributed by atoms with E-state index in [2.05, 4.69) is 9.97 Å². The number of pyridine rings is 1. The third-order valence-corrected chi connectivity index (χ3v) is 5.87. The number of likely N-dealkylation sites (tertiary alicyclic amines) is 1. The lowest BCUT2D eigenvalue weighted by Crippen LogP contribution is -2.31. The zero-order valence-corrected chi connectivity index (χ0v) is 17.8. The predicted octanol–water partition coefficient (Wildman–Crippen LogP) is 4.10. The van der Waals surface area contributed by atoms with Gasteiger partial charge in [-0.3, -0.25) is 14.6 Å². The molecule has 1 aliphatic rings. The van der Waals surface area contributed by atoms with Gasteiger partial charge in [0, 0.05) is 43.4 Å². The Labute approximate surface area is 188 Å². The summed E-state index contributed by atoms with van der Waals surface area (Å²) in [5.41, 5.74) is 1.00. The van der Waals surface area contributed by atoms with Gasteiger partial charge in [-0.15, -0.1) is 0 Å². The fourth-order valence-electron chi connectivity index (χ4n) is 3.65. The second kappa shape index (κ2) is 8.91. The normalized spacial score (nSPS) is 18.0. The first-order valence-corrected chi connectivity index (χ1v) is 10.3. The van der Waals surface area contributed by atoms with E-state index in [0.29, 0.717) is 40.7 Å². The van der Waals surface area contributed by atoms with E-state index in [0.717, 1.165) is 0 Å². The highest BCUT2D eigenvalue weighted by Crippen LogP contribution is 2.40. The molecule has 1 saturated heterocycles. The molecular formula is C22H18Cl2N4O3. The largest absolute Gasteiger partial charge is 0.507 e. The number of carbonyl (C=O) groups is 2. The van der Waals surface area contributed by atoms with Crippen molar-refractivity contribution in [1.82, 2.24) is 19.4 Å². The number of rotatable bonds is 6. The topological polar surface area (TPSA) is 88.3 Å². The molecule has 1 unspecified atom stereocenters. The first kappa shape index (κ1) is 21.1. The van der Waals surface area contributed by atoms with Gasteiger partial charge in [-0.25, -0.2) is 4.98 Å². The number of amides is 1. The molecule has 0 bridgehead atoms. The van der Waals surface area contributed by atoms with Crippen LogP contribution in [0.2, 0.25) is 10.0 Å². The third-order valence-electron chi connectivity index (χ3n) is 5.13. The van der Waals surface area contributed by atoms with Crippen molar-refractivity contribution in [2.75, 3.05) is 6.54 Å². The fourth-order valence-corrected chi connectivity index (χ4v) is 3.95. The van der Waals surface area contributed by atoms with Crippen LogP contribution in [0.25, 0.3) is 5.76 Å². The van der Waals surface area contributed by atoms with Gasteiger partial charge in [0.15, 0.2) is 0 Å². The first-order chi connectivity index (χ1) is 15.0. The average molecular weight is 457 g/mol. The van der Waals surface area contributed by atoms with Gasteiger partial charge in [0.05, 0.1) is 28.0 Å². The van der Waals surface area contributed by atoms with Crippen LogP contribution in [0, 0.1) is 0 Å². The van der Waals surface area contributed by atoms with Crippen molar-refractivity contribution in [3.05, 3.63) is 88.2 Å². The molecule has 0 radical (unpaired) electrons. The van der Waals surface area contributed by atoms with E-state index in [1.807, 2.05) is 10.8 Å². The van der Waals surface area contributed by atoms with Gasteiger partial charge in [0.1, 0.15) is 5.76 Å². The summed E-state index contributed by atoms with van der Waals surface area (Å²) in [5.74, 6) is -1.67. The average Bonchev–Trinajstić information content (AvgIpc) is 3.38. The number of halogens is 2. The molecule has 0 spiro atoms. The maximum atomic E-state index is 13.0. The molecule has 1 fully saturated rings. The number of aryl methyl sites for hydroxylation is 1. The van der Waals surface area contributed by atoms with Crippen LogP contribution in [0.4, 0.5) is 0 Å². The van der Waals surface area contributed by atoms with Gasteiger partial charge in [0.25, 0.3) is 11.7 Å². The minimum absolute atomic E-state index is 0.0113. The SMILES string of the molecule is O=C1C(=O)N(CCCn2ccnc2)C(c2ccc(Cl)c(Cl)c2)C1=C(O)c1ccncc1. The second-order valence-electron chi connectivity index (χ2n) is 7.06. The zero-order valence-electron chi connectivity index (χ0n) is 16.3. The summed E-state index contributed by atoms with van der Waals surface area (Å²) < 4.78 is 1.89. The Kier molecular flexibility index (Phi) is 6.06. The van der Waals surface area contributed by atoms with Gasteiger partial charge in [-0.2, -0.15) is 0 Å². The standard InChI is InChI=1S/C22H18Cl2N4O3/c23-16-3-2-15(12-17(16)24)19-18(20(29)14-4-6-25-7-5-14)21(30)22(31)28(19)10-1-9-27-11-8-26-13-27/h2-8,11-13,19,29H,1,9-10H2. The number of aliphatic hydroxyl groups is 1. The van der Waals surface area contributed by atoms with Crippen molar-refractivity contribution >= 4 is 40.7 Å². The fraction of sp³-hybridized carbons (Fsp3) is 0.182. The predicted molar refractivity (Wildman–Crippen MR) is 117 cm³/mol. The molecule has 9 heteroatoms. The molecule has 3 aromatic rings. The van der Waals surface area contributed by atoms with Crippen molar-refractivity contribution in [2.45, 2.75) is 19.0 Å². The Morgan fingerprint density at radius 3 is 2.45 bits per heavy atom. The summed E-state index contributed by atoms with van der Waals surface area (Å²) in [5, 5.41) is 11.6. The Balaban J connectivity index is 1.75. The summed E-state index contributed by atoms with van der Waals surface area (Å²) in [7, 11) is 0. The van der Waals surface area contributed by atoms with Crippen molar-refractivity contribution in [3.63, 3.8) is 0 Å². The molecule has 1 aliphatic heterocycles. The molecule has 31 heavy (non-hydrogen) atoms. The quantitative estimate of drug-likeness (QED) is 0.342. The van der Waals surface area contributed by atoms with Crippen LogP contribution in [-0.2, 0) is 16.1 Å². The molecule has 158 valence electrons. The molecule has 0 saturated carbocycles. The number of benzene rings is 1. The van der Waals surface area contributed by atoms with Gasteiger partial charge < -0.3 is 14.6 Å². The number of hydrogen-bond donors (Lipinski definition) is 1. The van der Waals surface area contributed by atoms with Crippen LogP contribution < -0.4 is 0 Å². The maximum Gasteiger partial charge on any atom is 0.295 e. The number of nitrogens with zero attached hydrogens (tertiary/aromatic N) is 4. The van der Waals surface area contributed by atoms with Crippen LogP contribution in [0.15, 0.2) is 67.0 Å². The highest BCUT2D eigenvalue weighted by Gasteiger charge is 2.45. The Bertz CT molecular complexity index is 1150. The number of aliphatic hydroxyl groups excluding tert-OH is 1. The van der Waals surface area contributed by atoms with E-state index in [9.17, 15) is 14.7 Å². The molecule has 0 aliphatic carbocycles. The minimum atomic E-state index is -0.786. The summed E-state index contributed by atoms with van der Waals surface area (Å²) in [6.07, 6.45) is 8.80. The summed E-state index contributed by atoms with van der Waals surface area (Å²) in [6, 6.07) is 7.29. The van der Waals surface area contributed by atoms with Crippen molar-refractivity contribution in [3.8, 4) is 0 Å². The lowest BCUT2D eigenvalue weighted by molar-refractivity contribution is -0.139. The van der Waals surface area contributed by atoms with E-state index < -0.39 is 17.7 Å². The van der Waals surface area contributed by atoms with Gasteiger partial charge in [0.2, 0.25) is 0 Å². The Morgan fingerprint density at radius 2 is 1.77 bits per heavy atom. The maximum absolute atomic E-state index is 13.0. The van der Waals surface area contributed by atoms with Crippen LogP contribution in [0.3, 0.4) is 0 Å². The summed E-state index contributed by atoms with van der Waals surface area (Å²) in [6.45, 7) is 0.933. The van der Waals surface area contributed by atoms with Gasteiger partial charge in [-0.1, -0.05) is 29.3 Å². The molecule has 2 aromatic heterocycles. The molecule has 1 amide bonds. The summed E-state index contributed by atoms with van der Waals surface area (Å²) in [4.78, 5) is 35.3. The minimum Gasteiger partial charge on any atom is -0.507 e. The van der Waals surface area contributed by atoms with Crippen LogP contribution in [0.5, 0.6) is 0 Å². The van der Waals surface area contributed by atoms with E-state index in [1.165, 1.54) is 17.3 Å². The lowest BCUT2D eigenvalue weighted by Gasteiger charge is -2.25. The second-order valence-corrected chi connectivity index (χ2v) is 7.87. The molecule has 1 N–H and O–H groups in total. The van der Waals surface area contributed by atoms with Gasteiger partial charge >= 0.3 is 0 Å². The molecule has 1 atom stereocenters. The number of imidazole rings is 1. The Hall–Kier alpha value is -3.16. The van der Waals surface area contributed by atoms with Crippen molar-refractivity contribution in [1.29, 1.82) is 0 Å². The van der Waals surface area contributed by atoms with Crippen molar-refractivity contribution < 1.29 is 14.7 Å². The van der Waals surface area contributed by atoms with E-state index >= 15 is 0 Å². The van der Waals surface area contributed by atoms with Gasteiger partial charge in [-0.05, 0) is 36.2 Å². The first-order valence-electron chi connectivity index (χ1n) is 9.57. The van der Waals surface area contributed by atoms with E-state index in [1.54, 1.807) is 42.9 Å². The van der Waals surface area contributed by atoms with Crippen LogP contribution >= 0.6 is 23.2 Å². The monoisotopic (exact) mass is 456 g/mol. The smallest absolute Gasteiger partial charge is 0.295 e.